The molecule has 0 amide bonds. The zero-order valence-electron chi connectivity index (χ0n) is 10.6. The monoisotopic (exact) mass is 303 g/mol. The van der Waals surface area contributed by atoms with Gasteiger partial charge in [0.1, 0.15) is 4.21 Å². The smallest absolute Gasteiger partial charge is 0.253 e. The lowest BCUT2D eigenvalue weighted by Gasteiger charge is -2.33. The van der Waals surface area contributed by atoms with E-state index in [-0.39, 0.29) is 5.84 Å². The minimum absolute atomic E-state index is 0.0449. The van der Waals surface area contributed by atoms with Crippen LogP contribution in [0.25, 0.3) is 0 Å². The quantitative estimate of drug-likeness (QED) is 0.381. The average Bonchev–Trinajstić information content (AvgIpc) is 2.85. The Bertz CT molecular complexity index is 580. The Labute approximate surface area is 116 Å². The third-order valence-electron chi connectivity index (χ3n) is 3.19. The van der Waals surface area contributed by atoms with E-state index in [1.807, 2.05) is 6.92 Å². The van der Waals surface area contributed by atoms with Crippen molar-refractivity contribution in [1.82, 2.24) is 4.31 Å². The summed E-state index contributed by atoms with van der Waals surface area (Å²) in [6, 6.07) is 2.83. The molecule has 3 N–H and O–H groups in total. The predicted molar refractivity (Wildman–Crippen MR) is 74.0 cm³/mol. The van der Waals surface area contributed by atoms with Crippen molar-refractivity contribution in [2.45, 2.75) is 36.4 Å². The Morgan fingerprint density at radius 1 is 1.53 bits per heavy atom. The summed E-state index contributed by atoms with van der Waals surface area (Å²) in [5.74, 6) is -0.0449. The molecule has 0 aliphatic carbocycles. The second kappa shape index (κ2) is 5.48. The van der Waals surface area contributed by atoms with Gasteiger partial charge in [0, 0.05) is 11.4 Å². The van der Waals surface area contributed by atoms with E-state index in [1.165, 1.54) is 15.6 Å². The fourth-order valence-corrected chi connectivity index (χ4v) is 5.30. The normalized spacial score (nSPS) is 22.6. The van der Waals surface area contributed by atoms with Crippen LogP contribution >= 0.6 is 11.3 Å². The maximum absolute atomic E-state index is 12.6. The number of hydrogen-bond donors (Lipinski definition) is 2. The Morgan fingerprint density at radius 3 is 2.84 bits per heavy atom. The molecule has 1 aliphatic rings. The molecule has 1 fully saturated rings. The van der Waals surface area contributed by atoms with Crippen LogP contribution in [-0.2, 0) is 10.0 Å². The minimum Gasteiger partial charge on any atom is -0.409 e. The molecule has 0 spiro atoms. The highest BCUT2D eigenvalue weighted by atomic mass is 32.2. The number of sulfonamides is 1. The molecule has 106 valence electrons. The van der Waals surface area contributed by atoms with E-state index in [1.54, 1.807) is 12.1 Å². The van der Waals surface area contributed by atoms with Gasteiger partial charge in [0.05, 0.1) is 6.04 Å². The number of rotatable bonds is 3. The lowest BCUT2D eigenvalue weighted by atomic mass is 10.0. The van der Waals surface area contributed by atoms with E-state index < -0.39 is 16.1 Å². The number of piperidine rings is 1. The van der Waals surface area contributed by atoms with E-state index >= 15 is 0 Å². The Kier molecular flexibility index (Phi) is 4.12. The Balaban J connectivity index is 2.37. The zero-order valence-corrected chi connectivity index (χ0v) is 12.2. The fraction of sp³-hybridized carbons (Fsp3) is 0.545. The third-order valence-corrected chi connectivity index (χ3v) is 6.57. The van der Waals surface area contributed by atoms with Gasteiger partial charge in [0.2, 0.25) is 0 Å². The molecule has 1 aromatic rings. The first-order chi connectivity index (χ1) is 8.96. The molecule has 1 saturated heterocycles. The third kappa shape index (κ3) is 2.75. The fourth-order valence-electron chi connectivity index (χ4n) is 2.22. The molecule has 1 unspecified atom stereocenters. The van der Waals surface area contributed by atoms with Crippen molar-refractivity contribution in [1.29, 1.82) is 0 Å². The van der Waals surface area contributed by atoms with E-state index in [0.29, 0.717) is 17.2 Å². The van der Waals surface area contributed by atoms with Gasteiger partial charge in [-0.2, -0.15) is 4.31 Å². The van der Waals surface area contributed by atoms with Crippen LogP contribution in [0.2, 0.25) is 0 Å². The average molecular weight is 303 g/mol. The molecule has 1 aliphatic heterocycles. The molecule has 0 bridgehead atoms. The highest BCUT2D eigenvalue weighted by Crippen LogP contribution is 2.29. The van der Waals surface area contributed by atoms with E-state index in [0.717, 1.165) is 17.7 Å². The van der Waals surface area contributed by atoms with Gasteiger partial charge in [-0.15, -0.1) is 11.3 Å². The summed E-state index contributed by atoms with van der Waals surface area (Å²) in [7, 11) is -3.57. The van der Waals surface area contributed by atoms with Gasteiger partial charge in [-0.25, -0.2) is 8.42 Å². The second-order valence-electron chi connectivity index (χ2n) is 4.52. The second-order valence-corrected chi connectivity index (χ2v) is 7.92. The molecule has 0 radical (unpaired) electrons. The maximum atomic E-state index is 12.6. The minimum atomic E-state index is -3.57. The molecule has 2 rings (SSSR count). The molecule has 8 heteroatoms. The number of nitrogens with two attached hydrogens (primary N) is 1. The van der Waals surface area contributed by atoms with Crippen molar-refractivity contribution in [2.24, 2.45) is 10.9 Å². The highest BCUT2D eigenvalue weighted by molar-refractivity contribution is 7.91. The van der Waals surface area contributed by atoms with Crippen LogP contribution in [0.15, 0.2) is 21.5 Å². The topological polar surface area (TPSA) is 96.0 Å². The molecule has 1 aromatic heterocycles. The van der Waals surface area contributed by atoms with Crippen molar-refractivity contribution in [3.05, 3.63) is 17.0 Å². The summed E-state index contributed by atoms with van der Waals surface area (Å²) in [4.78, 5) is 0.941. The lowest BCUT2D eigenvalue weighted by Crippen LogP contribution is -2.50. The van der Waals surface area contributed by atoms with Crippen LogP contribution in [0.4, 0.5) is 0 Å². The number of nitrogens with zero attached hydrogens (tertiary/aromatic N) is 2. The lowest BCUT2D eigenvalue weighted by molar-refractivity contribution is 0.281. The first-order valence-electron chi connectivity index (χ1n) is 6.02. The molecule has 0 saturated carbocycles. The van der Waals surface area contributed by atoms with Crippen molar-refractivity contribution < 1.29 is 13.6 Å². The van der Waals surface area contributed by atoms with Crippen LogP contribution in [0.1, 0.15) is 24.1 Å². The van der Waals surface area contributed by atoms with Gasteiger partial charge in [0.25, 0.3) is 10.0 Å². The highest BCUT2D eigenvalue weighted by Gasteiger charge is 2.36. The van der Waals surface area contributed by atoms with Crippen LogP contribution in [0.5, 0.6) is 0 Å². The number of oxime groups is 1. The molecular formula is C11H17N3O3S2. The van der Waals surface area contributed by atoms with E-state index in [4.69, 9.17) is 10.9 Å². The van der Waals surface area contributed by atoms with Crippen LogP contribution in [0.3, 0.4) is 0 Å². The molecule has 0 aromatic carbocycles. The summed E-state index contributed by atoms with van der Waals surface area (Å²) >= 11 is 1.24. The first kappa shape index (κ1) is 14.3. The predicted octanol–water partition coefficient (Wildman–Crippen LogP) is 1.35. The van der Waals surface area contributed by atoms with Crippen molar-refractivity contribution in [3.63, 3.8) is 0 Å². The summed E-state index contributed by atoms with van der Waals surface area (Å²) in [6.07, 6.45) is 2.24. The first-order valence-corrected chi connectivity index (χ1v) is 8.28. The van der Waals surface area contributed by atoms with E-state index in [9.17, 15) is 8.42 Å². The Hall–Kier alpha value is -1.12. The molecule has 19 heavy (non-hydrogen) atoms. The SMILES string of the molecule is Cc1ccc(S(=O)(=O)N2CCCCC2C(N)=NO)s1. The van der Waals surface area contributed by atoms with Crippen LogP contribution < -0.4 is 5.73 Å². The summed E-state index contributed by atoms with van der Waals surface area (Å²) < 4.78 is 26.8. The van der Waals surface area contributed by atoms with Crippen molar-refractivity contribution in [3.8, 4) is 0 Å². The largest absolute Gasteiger partial charge is 0.409 e. The number of aryl methyl sites for hydroxylation is 1. The van der Waals surface area contributed by atoms with Gasteiger partial charge in [-0.3, -0.25) is 0 Å². The van der Waals surface area contributed by atoms with Gasteiger partial charge in [-0.1, -0.05) is 11.6 Å². The summed E-state index contributed by atoms with van der Waals surface area (Å²) in [5.41, 5.74) is 5.62. The standard InChI is InChI=1S/C11H17N3O3S2/c1-8-5-6-10(18-8)19(16,17)14-7-3-2-4-9(14)11(12)13-15/h5-6,9,15H,2-4,7H2,1H3,(H2,12,13). The van der Waals surface area contributed by atoms with Crippen LogP contribution in [0, 0.1) is 6.92 Å². The zero-order chi connectivity index (χ0) is 14.0. The van der Waals surface area contributed by atoms with Gasteiger partial charge < -0.3 is 10.9 Å². The van der Waals surface area contributed by atoms with Crippen molar-refractivity contribution in [2.75, 3.05) is 6.54 Å². The van der Waals surface area contributed by atoms with Gasteiger partial charge >= 0.3 is 0 Å². The number of hydrogen-bond acceptors (Lipinski definition) is 5. The summed E-state index contributed by atoms with van der Waals surface area (Å²) in [5, 5.41) is 11.8. The van der Waals surface area contributed by atoms with Crippen molar-refractivity contribution >= 4 is 27.2 Å². The van der Waals surface area contributed by atoms with Crippen LogP contribution in [-0.4, -0.2) is 36.4 Å². The van der Waals surface area contributed by atoms with E-state index in [2.05, 4.69) is 5.16 Å². The molecular weight excluding hydrogens is 286 g/mol. The number of thiophene rings is 1. The molecule has 1 atom stereocenters. The molecule has 2 heterocycles. The summed E-state index contributed by atoms with van der Waals surface area (Å²) in [6.45, 7) is 2.26. The van der Waals surface area contributed by atoms with Gasteiger partial charge in [-0.05, 0) is 31.9 Å². The maximum Gasteiger partial charge on any atom is 0.253 e. The Morgan fingerprint density at radius 2 is 2.26 bits per heavy atom. The number of amidine groups is 1. The van der Waals surface area contributed by atoms with Gasteiger partial charge in [0.15, 0.2) is 5.84 Å². The molecule has 6 nitrogen and oxygen atoms in total.